The molecule has 1 saturated heterocycles. The smallest absolute Gasteiger partial charge is 0.320 e. The van der Waals surface area contributed by atoms with Gasteiger partial charge < -0.3 is 24.8 Å². The van der Waals surface area contributed by atoms with E-state index in [-0.39, 0.29) is 22.8 Å². The van der Waals surface area contributed by atoms with Gasteiger partial charge >= 0.3 is 6.03 Å². The van der Waals surface area contributed by atoms with Crippen molar-refractivity contribution in [1.82, 2.24) is 19.4 Å². The molecule has 0 aliphatic carbocycles. The predicted octanol–water partition coefficient (Wildman–Crippen LogP) is 0.972. The monoisotopic (exact) mass is 375 g/mol. The quantitative estimate of drug-likeness (QED) is 0.803. The molecule has 1 aliphatic rings. The van der Waals surface area contributed by atoms with Gasteiger partial charge in [0, 0.05) is 50.2 Å². The minimum atomic E-state index is -1.21. The van der Waals surface area contributed by atoms with E-state index in [0.29, 0.717) is 48.4 Å². The van der Waals surface area contributed by atoms with Crippen molar-refractivity contribution in [2.75, 3.05) is 39.3 Å². The van der Waals surface area contributed by atoms with Crippen LogP contribution in [0.1, 0.15) is 25.8 Å². The lowest BCUT2D eigenvalue weighted by molar-refractivity contribution is -0.466. The van der Waals surface area contributed by atoms with E-state index >= 15 is 0 Å². The fourth-order valence-corrected chi connectivity index (χ4v) is 3.41. The average molecular weight is 375 g/mol. The number of carbonyl (C=O) groups excluding carboxylic acids is 1. The highest BCUT2D eigenvalue weighted by Crippen LogP contribution is 2.21. The number of aliphatic hydroxyl groups is 1. The first-order valence-corrected chi connectivity index (χ1v) is 9.18. The minimum absolute atomic E-state index is 0.0175. The Balaban J connectivity index is 1.76. The molecule has 1 unspecified atom stereocenters. The summed E-state index contributed by atoms with van der Waals surface area (Å²) in [5.74, 6) is 0. The molecule has 2 amide bonds. The number of benzene rings is 1. The Kier molecular flexibility index (Phi) is 5.62. The topological polar surface area (TPSA) is 98.0 Å². The highest BCUT2D eigenvalue weighted by molar-refractivity contribution is 5.74. The third-order valence-electron chi connectivity index (χ3n) is 5.05. The van der Waals surface area contributed by atoms with Gasteiger partial charge in [-0.3, -0.25) is 4.90 Å². The summed E-state index contributed by atoms with van der Waals surface area (Å²) in [6.07, 6.45) is -0.0917. The molecule has 9 heteroatoms. The predicted molar refractivity (Wildman–Crippen MR) is 100 cm³/mol. The minimum Gasteiger partial charge on any atom is -0.805 e. The summed E-state index contributed by atoms with van der Waals surface area (Å²) in [4.78, 5) is 29.8. The average Bonchev–Trinajstić information content (AvgIpc) is 2.71. The molecular weight excluding hydrogens is 350 g/mol. The van der Waals surface area contributed by atoms with E-state index in [0.717, 1.165) is 6.20 Å². The number of aliphatic hydroxyl groups excluding tert-OH is 1. The van der Waals surface area contributed by atoms with Gasteiger partial charge in [0.05, 0.1) is 4.43 Å². The fraction of sp³-hybridized carbons (Fsp3) is 0.500. The molecule has 9 nitrogen and oxygen atoms in total. The number of hydrogen-bond acceptors (Lipinski definition) is 5. The highest BCUT2D eigenvalue weighted by Gasteiger charge is 2.29. The standard InChI is InChI=1S/C18H25N5O4/c1-3-19(4-2)18(25)21-11-9-20(10-12-21)17(24)16-13-22(26)14-7-5-6-8-15(14)23(16)27/h5-8,13,17,24H,3-4,9-12H2,1-2H3. The van der Waals surface area contributed by atoms with Gasteiger partial charge in [0.15, 0.2) is 6.23 Å². The molecule has 3 rings (SSSR count). The van der Waals surface area contributed by atoms with Gasteiger partial charge in [-0.25, -0.2) is 4.79 Å². The van der Waals surface area contributed by atoms with Crippen LogP contribution >= 0.6 is 0 Å². The van der Waals surface area contributed by atoms with Crippen LogP contribution in [0.25, 0.3) is 11.0 Å². The number of carbonyl (C=O) groups is 1. The van der Waals surface area contributed by atoms with Crippen molar-refractivity contribution in [3.63, 3.8) is 0 Å². The summed E-state index contributed by atoms with van der Waals surface area (Å²) < 4.78 is 1.20. The number of hydrogen-bond donors (Lipinski definition) is 1. The molecule has 2 aromatic rings. The highest BCUT2D eigenvalue weighted by atomic mass is 16.5. The second kappa shape index (κ2) is 7.93. The van der Waals surface area contributed by atoms with E-state index in [4.69, 9.17) is 0 Å². The van der Waals surface area contributed by atoms with Gasteiger partial charge in [0.2, 0.25) is 0 Å². The Morgan fingerprint density at radius 1 is 1.22 bits per heavy atom. The third kappa shape index (κ3) is 3.60. The van der Waals surface area contributed by atoms with E-state index in [2.05, 4.69) is 0 Å². The number of nitrogens with zero attached hydrogens (tertiary/aromatic N) is 5. The molecule has 27 heavy (non-hydrogen) atoms. The lowest BCUT2D eigenvalue weighted by atomic mass is 10.2. The Morgan fingerprint density at radius 2 is 1.85 bits per heavy atom. The number of aromatic nitrogens is 2. The molecule has 1 atom stereocenters. The number of para-hydroxylation sites is 2. The number of urea groups is 1. The lowest BCUT2D eigenvalue weighted by Crippen LogP contribution is -2.53. The Morgan fingerprint density at radius 3 is 2.48 bits per heavy atom. The second-order valence-electron chi connectivity index (χ2n) is 6.51. The SMILES string of the molecule is CCN(CC)C(=O)N1CCN(C(O)c2c[n+](=O)c3ccccc3n2[O-])CC1. The van der Waals surface area contributed by atoms with Crippen molar-refractivity contribution in [2.45, 2.75) is 20.1 Å². The molecule has 0 radical (unpaired) electrons. The summed E-state index contributed by atoms with van der Waals surface area (Å²) in [6.45, 7) is 6.91. The maximum Gasteiger partial charge on any atom is 0.320 e. The molecule has 1 aromatic heterocycles. The largest absolute Gasteiger partial charge is 0.805 e. The van der Waals surface area contributed by atoms with Crippen LogP contribution in [0.2, 0.25) is 0 Å². The molecule has 146 valence electrons. The molecule has 0 bridgehead atoms. The van der Waals surface area contributed by atoms with Gasteiger partial charge in [-0.2, -0.15) is 0 Å². The summed E-state index contributed by atoms with van der Waals surface area (Å²) in [5.41, 5.74) is 0.435. The van der Waals surface area contributed by atoms with Gasteiger partial charge in [0.25, 0.3) is 11.7 Å². The molecule has 1 fully saturated rings. The third-order valence-corrected chi connectivity index (χ3v) is 5.05. The summed E-state index contributed by atoms with van der Waals surface area (Å²) in [6, 6.07) is 6.44. The van der Waals surface area contributed by atoms with Gasteiger partial charge in [-0.1, -0.05) is 12.1 Å². The van der Waals surface area contributed by atoms with E-state index in [1.54, 1.807) is 39.0 Å². The van der Waals surface area contributed by atoms with Crippen molar-refractivity contribution in [1.29, 1.82) is 0 Å². The van der Waals surface area contributed by atoms with Crippen molar-refractivity contribution >= 4 is 17.1 Å². The number of piperazine rings is 1. The van der Waals surface area contributed by atoms with Crippen LogP contribution in [0.15, 0.2) is 30.5 Å². The molecule has 0 spiro atoms. The molecule has 1 aliphatic heterocycles. The Bertz CT molecular complexity index is 872. The molecule has 1 N–H and O–H groups in total. The van der Waals surface area contributed by atoms with Crippen LogP contribution in [-0.4, -0.2) is 69.8 Å². The Labute approximate surface area is 157 Å². The van der Waals surface area contributed by atoms with E-state index in [1.807, 2.05) is 13.8 Å². The normalized spacial score (nSPS) is 16.5. The zero-order chi connectivity index (χ0) is 19.6. The molecular formula is C18H25N5O4. The zero-order valence-electron chi connectivity index (χ0n) is 15.6. The number of amides is 2. The molecule has 1 aromatic carbocycles. The lowest BCUT2D eigenvalue weighted by Gasteiger charge is -2.39. The van der Waals surface area contributed by atoms with E-state index in [1.165, 1.54) is 0 Å². The van der Waals surface area contributed by atoms with Crippen LogP contribution in [0.4, 0.5) is 4.79 Å². The maximum absolute atomic E-state index is 12.6. The van der Waals surface area contributed by atoms with Crippen molar-refractivity contribution < 1.29 is 14.3 Å². The Hall–Kier alpha value is -2.65. The van der Waals surface area contributed by atoms with Crippen LogP contribution in [0, 0.1) is 10.1 Å². The van der Waals surface area contributed by atoms with Crippen molar-refractivity contribution in [3.8, 4) is 0 Å². The van der Waals surface area contributed by atoms with Crippen LogP contribution in [0.5, 0.6) is 0 Å². The van der Waals surface area contributed by atoms with Crippen LogP contribution < -0.4 is 4.43 Å². The van der Waals surface area contributed by atoms with Gasteiger partial charge in [-0.05, 0) is 19.9 Å². The molecule has 2 heterocycles. The van der Waals surface area contributed by atoms with E-state index in [9.17, 15) is 20.0 Å². The number of fused-ring (bicyclic) bond motifs is 1. The second-order valence-corrected chi connectivity index (χ2v) is 6.51. The van der Waals surface area contributed by atoms with Crippen LogP contribution in [0.3, 0.4) is 0 Å². The van der Waals surface area contributed by atoms with Crippen molar-refractivity contribution in [2.24, 2.45) is 0 Å². The van der Waals surface area contributed by atoms with Crippen molar-refractivity contribution in [3.05, 3.63) is 46.3 Å². The summed E-state index contributed by atoms with van der Waals surface area (Å²) in [7, 11) is 0. The molecule has 0 saturated carbocycles. The first-order valence-electron chi connectivity index (χ1n) is 9.18. The van der Waals surface area contributed by atoms with Gasteiger partial charge in [-0.15, -0.1) is 0 Å². The number of rotatable bonds is 4. The van der Waals surface area contributed by atoms with E-state index < -0.39 is 6.23 Å². The van der Waals surface area contributed by atoms with Crippen LogP contribution in [-0.2, 0) is 0 Å². The summed E-state index contributed by atoms with van der Waals surface area (Å²) in [5, 5.41) is 23.3. The summed E-state index contributed by atoms with van der Waals surface area (Å²) >= 11 is 0. The fourth-order valence-electron chi connectivity index (χ4n) is 3.41. The first-order chi connectivity index (χ1) is 13.0. The first kappa shape index (κ1) is 19.1. The van der Waals surface area contributed by atoms with Gasteiger partial charge in [0.1, 0.15) is 11.2 Å². The zero-order valence-corrected chi connectivity index (χ0v) is 15.6. The maximum atomic E-state index is 12.6.